The number of rotatable bonds is 3. The minimum Gasteiger partial charge on any atom is -0.598 e. The summed E-state index contributed by atoms with van der Waals surface area (Å²) in [5.74, 6) is 0.753. The first-order valence-electron chi connectivity index (χ1n) is 8.18. The largest absolute Gasteiger partial charge is 0.598 e. The monoisotopic (exact) mass is 344 g/mol. The summed E-state index contributed by atoms with van der Waals surface area (Å²) in [6.07, 6.45) is 2.44. The molecule has 0 radical (unpaired) electrons. The van der Waals surface area contributed by atoms with E-state index < -0.39 is 16.9 Å². The third-order valence-electron chi connectivity index (χ3n) is 4.28. The van der Waals surface area contributed by atoms with Gasteiger partial charge in [-0.2, -0.15) is 0 Å². The highest BCUT2D eigenvalue weighted by atomic mass is 32.2. The van der Waals surface area contributed by atoms with E-state index in [2.05, 4.69) is 40.9 Å². The van der Waals surface area contributed by atoms with Crippen LogP contribution in [0.5, 0.6) is 5.75 Å². The molecule has 5 heteroatoms. The Labute approximate surface area is 147 Å². The lowest BCUT2D eigenvalue weighted by atomic mass is 9.82. The van der Waals surface area contributed by atoms with E-state index in [0.717, 1.165) is 17.0 Å². The highest BCUT2D eigenvalue weighted by Gasteiger charge is 2.46. The molecule has 0 saturated heterocycles. The van der Waals surface area contributed by atoms with Crippen LogP contribution in [0, 0.1) is 6.92 Å². The van der Waals surface area contributed by atoms with Gasteiger partial charge in [-0.05, 0) is 45.4 Å². The summed E-state index contributed by atoms with van der Waals surface area (Å²) in [6, 6.07) is 12.1. The summed E-state index contributed by atoms with van der Waals surface area (Å²) >= 11 is -1.23. The zero-order valence-corrected chi connectivity index (χ0v) is 15.4. The normalized spacial score (nSPS) is 21.7. The molecule has 0 unspecified atom stereocenters. The lowest BCUT2D eigenvalue weighted by molar-refractivity contribution is 0.221. The molecule has 0 saturated carbocycles. The summed E-state index contributed by atoms with van der Waals surface area (Å²) in [4.78, 5) is 4.58. The van der Waals surface area contributed by atoms with E-state index in [1.165, 1.54) is 5.56 Å². The van der Waals surface area contributed by atoms with Gasteiger partial charge in [0.1, 0.15) is 21.7 Å². The fourth-order valence-corrected chi connectivity index (χ4v) is 3.79. The Kier molecular flexibility index (Phi) is 4.60. The Balaban J connectivity index is 2.14. The van der Waals surface area contributed by atoms with Crippen molar-refractivity contribution in [2.24, 2.45) is 0 Å². The van der Waals surface area contributed by atoms with Crippen LogP contribution in [-0.2, 0) is 16.9 Å². The van der Waals surface area contributed by atoms with Crippen molar-refractivity contribution in [1.29, 1.82) is 0 Å². The maximum Gasteiger partial charge on any atom is 0.143 e. The van der Waals surface area contributed by atoms with E-state index in [0.29, 0.717) is 13.0 Å². The maximum absolute atomic E-state index is 12.9. The summed E-state index contributed by atoms with van der Waals surface area (Å²) in [5.41, 5.74) is 2.45. The van der Waals surface area contributed by atoms with Crippen molar-refractivity contribution < 1.29 is 9.29 Å². The molecular weight excluding hydrogens is 320 g/mol. The van der Waals surface area contributed by atoms with E-state index in [1.54, 1.807) is 6.20 Å². The van der Waals surface area contributed by atoms with Gasteiger partial charge >= 0.3 is 0 Å². The van der Waals surface area contributed by atoms with Crippen LogP contribution in [0.4, 0.5) is 0 Å². The quantitative estimate of drug-likeness (QED) is 0.866. The first-order chi connectivity index (χ1) is 11.3. The molecule has 2 atom stereocenters. The molecule has 4 nitrogen and oxygen atoms in total. The van der Waals surface area contributed by atoms with E-state index in [9.17, 15) is 4.55 Å². The topological polar surface area (TPSA) is 57.2 Å². The fourth-order valence-electron chi connectivity index (χ4n) is 2.85. The molecule has 2 aromatic rings. The van der Waals surface area contributed by atoms with Gasteiger partial charge in [0.15, 0.2) is 0 Å². The molecular formula is C19H24N2O2S. The van der Waals surface area contributed by atoms with Crippen molar-refractivity contribution in [3.63, 3.8) is 0 Å². The molecule has 0 fully saturated rings. The van der Waals surface area contributed by atoms with Gasteiger partial charge in [0.05, 0.1) is 6.61 Å². The van der Waals surface area contributed by atoms with Gasteiger partial charge in [0.2, 0.25) is 0 Å². The van der Waals surface area contributed by atoms with Gasteiger partial charge < -0.3 is 9.29 Å². The van der Waals surface area contributed by atoms with Gasteiger partial charge in [-0.3, -0.25) is 4.98 Å². The summed E-state index contributed by atoms with van der Waals surface area (Å²) < 4.78 is 21.7. The van der Waals surface area contributed by atoms with Crippen molar-refractivity contribution in [2.75, 3.05) is 6.61 Å². The highest BCUT2D eigenvalue weighted by molar-refractivity contribution is 7.90. The maximum atomic E-state index is 12.9. The van der Waals surface area contributed by atoms with Gasteiger partial charge in [-0.15, -0.1) is 4.72 Å². The van der Waals surface area contributed by atoms with Crippen molar-refractivity contribution in [3.8, 4) is 5.75 Å². The van der Waals surface area contributed by atoms with Crippen LogP contribution >= 0.6 is 0 Å². The SMILES string of the molecule is Cc1ccc([C@@]2(N[S@@+]([O-])C(C)(C)C)CCOc3cccnc32)cc1. The van der Waals surface area contributed by atoms with Crippen LogP contribution in [0.3, 0.4) is 0 Å². The van der Waals surface area contributed by atoms with E-state index >= 15 is 0 Å². The Morgan fingerprint density at radius 2 is 1.92 bits per heavy atom. The zero-order valence-electron chi connectivity index (χ0n) is 14.6. The molecule has 3 rings (SSSR count). The molecule has 1 aliphatic heterocycles. The number of hydrogen-bond donors (Lipinski definition) is 1. The second kappa shape index (κ2) is 6.39. The third kappa shape index (κ3) is 3.16. The van der Waals surface area contributed by atoms with Crippen LogP contribution in [0.25, 0.3) is 0 Å². The number of hydrogen-bond acceptors (Lipinski definition) is 4. The second-order valence-electron chi connectivity index (χ2n) is 7.20. The van der Waals surface area contributed by atoms with E-state index in [-0.39, 0.29) is 4.75 Å². The lowest BCUT2D eigenvalue weighted by Gasteiger charge is -2.40. The van der Waals surface area contributed by atoms with Gasteiger partial charge in [-0.1, -0.05) is 29.8 Å². The Bertz CT molecular complexity index is 712. The molecule has 0 spiro atoms. The van der Waals surface area contributed by atoms with Gasteiger partial charge in [-0.25, -0.2) is 0 Å². The fraction of sp³-hybridized carbons (Fsp3) is 0.421. The summed E-state index contributed by atoms with van der Waals surface area (Å²) in [7, 11) is 0. The van der Waals surface area contributed by atoms with E-state index in [1.807, 2.05) is 32.9 Å². The third-order valence-corrected chi connectivity index (χ3v) is 5.92. The van der Waals surface area contributed by atoms with Gasteiger partial charge in [0, 0.05) is 24.0 Å². The number of pyridine rings is 1. The molecule has 1 N–H and O–H groups in total. The average molecular weight is 344 g/mol. The van der Waals surface area contributed by atoms with Crippen molar-refractivity contribution >= 4 is 11.4 Å². The number of fused-ring (bicyclic) bond motifs is 1. The smallest absolute Gasteiger partial charge is 0.143 e. The molecule has 1 aromatic carbocycles. The number of aromatic nitrogens is 1. The number of nitrogens with one attached hydrogen (secondary N) is 1. The summed E-state index contributed by atoms with van der Waals surface area (Å²) in [5, 5.41) is 0. The predicted octanol–water partition coefficient (Wildman–Crippen LogP) is 3.47. The highest BCUT2D eigenvalue weighted by Crippen LogP contribution is 2.41. The molecule has 1 aromatic heterocycles. The van der Waals surface area contributed by atoms with Crippen LogP contribution in [-0.4, -0.2) is 20.9 Å². The van der Waals surface area contributed by atoms with Gasteiger partial charge in [0.25, 0.3) is 0 Å². The Morgan fingerprint density at radius 1 is 1.21 bits per heavy atom. The molecule has 24 heavy (non-hydrogen) atoms. The summed E-state index contributed by atoms with van der Waals surface area (Å²) in [6.45, 7) is 8.53. The Hall–Kier alpha value is -1.56. The number of benzene rings is 1. The first kappa shape index (κ1) is 17.3. The minimum atomic E-state index is -1.23. The number of aryl methyl sites for hydroxylation is 1. The molecule has 0 aliphatic carbocycles. The van der Waals surface area contributed by atoms with Crippen molar-refractivity contribution in [3.05, 3.63) is 59.4 Å². The van der Waals surface area contributed by atoms with E-state index in [4.69, 9.17) is 4.74 Å². The minimum absolute atomic E-state index is 0.370. The first-order valence-corrected chi connectivity index (χ1v) is 9.33. The number of nitrogens with zero attached hydrogens (tertiary/aromatic N) is 1. The van der Waals surface area contributed by atoms with Crippen molar-refractivity contribution in [2.45, 2.75) is 44.4 Å². The average Bonchev–Trinajstić information content (AvgIpc) is 2.55. The molecule has 128 valence electrons. The molecule has 2 heterocycles. The lowest BCUT2D eigenvalue weighted by Crippen LogP contribution is -2.54. The Morgan fingerprint density at radius 3 is 2.58 bits per heavy atom. The van der Waals surface area contributed by atoms with Crippen LogP contribution in [0.15, 0.2) is 42.6 Å². The van der Waals surface area contributed by atoms with Crippen molar-refractivity contribution in [1.82, 2.24) is 9.71 Å². The zero-order chi connectivity index (χ0) is 17.4. The second-order valence-corrected chi connectivity index (χ2v) is 9.17. The number of ether oxygens (including phenoxy) is 1. The molecule has 0 amide bonds. The molecule has 1 aliphatic rings. The standard InChI is InChI=1S/C19H24N2O2S/c1-14-7-9-15(10-8-14)19(21-24(22)18(2,3)4)11-13-23-16-6-5-12-20-17(16)19/h5-10,12,21H,11,13H2,1-4H3/t19-,24-/m0/s1. The predicted molar refractivity (Wildman–Crippen MR) is 97.3 cm³/mol. The van der Waals surface area contributed by atoms with Crippen LogP contribution in [0.2, 0.25) is 0 Å². The van der Waals surface area contributed by atoms with Crippen LogP contribution < -0.4 is 9.46 Å². The molecule has 0 bridgehead atoms. The van der Waals surface area contributed by atoms with Crippen LogP contribution in [0.1, 0.15) is 44.0 Å².